The van der Waals surface area contributed by atoms with Crippen molar-refractivity contribution < 1.29 is 29.0 Å². The van der Waals surface area contributed by atoms with Gasteiger partial charge in [0.2, 0.25) is 11.8 Å². The summed E-state index contributed by atoms with van der Waals surface area (Å²) in [6.07, 6.45) is 3.90. The number of ketones is 2. The number of allylic oxidation sites excluding steroid dienone is 6. The van der Waals surface area contributed by atoms with Gasteiger partial charge in [-0.05, 0) is 80.1 Å². The van der Waals surface area contributed by atoms with Crippen molar-refractivity contribution in [2.24, 2.45) is 17.8 Å². The van der Waals surface area contributed by atoms with Crippen LogP contribution in [0.1, 0.15) is 52.0 Å². The van der Waals surface area contributed by atoms with Crippen LogP contribution in [0.4, 0.5) is 0 Å². The van der Waals surface area contributed by atoms with Gasteiger partial charge in [0, 0.05) is 28.7 Å². The number of benzene rings is 1. The van der Waals surface area contributed by atoms with Crippen LogP contribution in [0.25, 0.3) is 0 Å². The number of likely N-dealkylation sites (tertiary alicyclic amines) is 1. The first kappa shape index (κ1) is 24.7. The molecule has 8 heteroatoms. The molecule has 0 bridgehead atoms. The van der Waals surface area contributed by atoms with Crippen molar-refractivity contribution in [1.29, 1.82) is 0 Å². The van der Waals surface area contributed by atoms with Crippen molar-refractivity contribution in [2.75, 3.05) is 6.61 Å². The van der Waals surface area contributed by atoms with Gasteiger partial charge in [0.15, 0.2) is 23.1 Å². The highest BCUT2D eigenvalue weighted by Gasteiger charge is 2.58. The summed E-state index contributed by atoms with van der Waals surface area (Å²) in [6, 6.07) is 4.93. The summed E-state index contributed by atoms with van der Waals surface area (Å²) >= 11 is 3.24. The second-order valence-corrected chi connectivity index (χ2v) is 11.6. The summed E-state index contributed by atoms with van der Waals surface area (Å²) in [5.41, 5.74) is 1.67. The molecule has 1 aromatic carbocycles. The second kappa shape index (κ2) is 8.54. The quantitative estimate of drug-likeness (QED) is 0.339. The van der Waals surface area contributed by atoms with E-state index in [0.29, 0.717) is 29.7 Å². The maximum absolute atomic E-state index is 13.7. The van der Waals surface area contributed by atoms with Crippen molar-refractivity contribution in [2.45, 2.75) is 52.0 Å². The molecule has 4 aliphatic rings. The average Bonchev–Trinajstić information content (AvgIpc) is 3.08. The van der Waals surface area contributed by atoms with E-state index in [-0.39, 0.29) is 45.8 Å². The first-order valence-electron chi connectivity index (χ1n) is 12.2. The molecule has 1 aromatic rings. The van der Waals surface area contributed by atoms with Gasteiger partial charge in [-0.2, -0.15) is 0 Å². The predicted octanol–water partition coefficient (Wildman–Crippen LogP) is 4.35. The molecule has 0 spiro atoms. The molecule has 1 N–H and O–H groups in total. The third-order valence-electron chi connectivity index (χ3n) is 7.62. The summed E-state index contributed by atoms with van der Waals surface area (Å²) < 4.78 is 5.79. The minimum absolute atomic E-state index is 0.0223. The number of halogens is 1. The first-order valence-corrected chi connectivity index (χ1v) is 13.0. The number of nitrogens with zero attached hydrogens (tertiary/aromatic N) is 1. The molecule has 1 aliphatic heterocycles. The molecule has 4 unspecified atom stereocenters. The highest BCUT2D eigenvalue weighted by atomic mass is 79.9. The number of carbonyl (C=O) groups excluding carboxylic acids is 4. The van der Waals surface area contributed by atoms with Crippen molar-refractivity contribution >= 4 is 39.3 Å². The number of hydrogen-bond acceptors (Lipinski definition) is 6. The van der Waals surface area contributed by atoms with E-state index in [1.54, 1.807) is 12.1 Å². The zero-order valence-electron chi connectivity index (χ0n) is 20.6. The molecule has 1 fully saturated rings. The van der Waals surface area contributed by atoms with E-state index in [0.717, 1.165) is 5.57 Å². The number of fused-ring (bicyclic) bond motifs is 3. The number of Topliss-reactive ketones (excluding diaryl/α,β-unsaturated/α-hetero) is 1. The minimum Gasteiger partial charge on any atom is -0.504 e. The Morgan fingerprint density at radius 2 is 1.83 bits per heavy atom. The molecule has 4 atom stereocenters. The van der Waals surface area contributed by atoms with Crippen molar-refractivity contribution in [1.82, 2.24) is 4.90 Å². The Bertz CT molecular complexity index is 1310. The van der Waals surface area contributed by atoms with Crippen LogP contribution in [0.2, 0.25) is 0 Å². The van der Waals surface area contributed by atoms with Crippen LogP contribution in [0.3, 0.4) is 0 Å². The normalized spacial score (nSPS) is 28.0. The lowest BCUT2D eigenvalue weighted by Gasteiger charge is -2.42. The van der Waals surface area contributed by atoms with Gasteiger partial charge in [-0.3, -0.25) is 24.1 Å². The summed E-state index contributed by atoms with van der Waals surface area (Å²) in [5.74, 6) is -2.74. The molecule has 3 aliphatic carbocycles. The number of carbonyl (C=O) groups is 4. The molecule has 0 aromatic heterocycles. The molecule has 1 saturated heterocycles. The van der Waals surface area contributed by atoms with Gasteiger partial charge >= 0.3 is 0 Å². The van der Waals surface area contributed by atoms with E-state index < -0.39 is 29.2 Å². The molecule has 0 radical (unpaired) electrons. The van der Waals surface area contributed by atoms with Crippen LogP contribution < -0.4 is 4.74 Å². The highest BCUT2D eigenvalue weighted by molar-refractivity contribution is 9.12. The minimum atomic E-state index is -0.657. The number of amides is 2. The smallest absolute Gasteiger partial charge is 0.234 e. The molecule has 36 heavy (non-hydrogen) atoms. The van der Waals surface area contributed by atoms with E-state index in [9.17, 15) is 24.3 Å². The molecule has 0 saturated carbocycles. The van der Waals surface area contributed by atoms with Gasteiger partial charge in [-0.1, -0.05) is 17.7 Å². The Kier molecular flexibility index (Phi) is 5.86. The lowest BCUT2D eigenvalue weighted by Crippen LogP contribution is -2.46. The number of phenols is 1. The van der Waals surface area contributed by atoms with Crippen molar-refractivity contribution in [3.8, 4) is 11.5 Å². The van der Waals surface area contributed by atoms with E-state index >= 15 is 0 Å². The number of phenolic OH excluding ortho intramolecular Hbond substituents is 1. The van der Waals surface area contributed by atoms with Crippen LogP contribution >= 0.6 is 15.9 Å². The van der Waals surface area contributed by atoms with Gasteiger partial charge in [0.25, 0.3) is 0 Å². The van der Waals surface area contributed by atoms with E-state index in [2.05, 4.69) is 15.9 Å². The van der Waals surface area contributed by atoms with Crippen LogP contribution in [-0.2, 0) is 19.2 Å². The van der Waals surface area contributed by atoms with Gasteiger partial charge in [-0.25, -0.2) is 0 Å². The number of hydrogen-bond donors (Lipinski definition) is 1. The van der Waals surface area contributed by atoms with Crippen LogP contribution in [0, 0.1) is 17.8 Å². The fourth-order valence-corrected chi connectivity index (χ4v) is 6.68. The summed E-state index contributed by atoms with van der Waals surface area (Å²) in [6.45, 7) is 7.68. The maximum atomic E-state index is 13.7. The fraction of sp³-hybridized carbons (Fsp3) is 0.429. The van der Waals surface area contributed by atoms with Gasteiger partial charge in [0.05, 0.1) is 22.9 Å². The van der Waals surface area contributed by atoms with Gasteiger partial charge in [-0.15, -0.1) is 0 Å². The fourth-order valence-electron chi connectivity index (χ4n) is 6.23. The number of aromatic hydroxyl groups is 1. The third-order valence-corrected chi connectivity index (χ3v) is 8.21. The highest BCUT2D eigenvalue weighted by Crippen LogP contribution is 2.56. The van der Waals surface area contributed by atoms with Crippen molar-refractivity contribution in [3.05, 3.63) is 57.1 Å². The topological polar surface area (TPSA) is 101 Å². The molecule has 5 rings (SSSR count). The number of ether oxygens (including phenoxy) is 1. The first-order chi connectivity index (χ1) is 17.0. The predicted molar refractivity (Wildman–Crippen MR) is 135 cm³/mol. The number of imide groups is 1. The largest absolute Gasteiger partial charge is 0.504 e. The van der Waals surface area contributed by atoms with E-state index in [1.807, 2.05) is 33.8 Å². The average molecular weight is 554 g/mol. The summed E-state index contributed by atoms with van der Waals surface area (Å²) in [5, 5.41) is 10.3. The standard InChI is InChI=1S/C28H28BrNO6/c1-5-36-21-10-13(6-9-19(21)31)22-14-7-8-15-23(27(35)30(26(15)34)28(2,3)4)16(14)11-17-24(22)20(32)12-18(29)25(17)33/h6-7,9-10,12,15-16,22-23,31H,5,8,11H2,1-4H3. The lowest BCUT2D eigenvalue weighted by atomic mass is 9.59. The Balaban J connectivity index is 1.68. The molecular weight excluding hydrogens is 526 g/mol. The van der Waals surface area contributed by atoms with Crippen LogP contribution in [0.15, 0.2) is 51.6 Å². The molecule has 7 nitrogen and oxygen atoms in total. The van der Waals surface area contributed by atoms with Crippen LogP contribution in [-0.4, -0.2) is 45.5 Å². The molecule has 188 valence electrons. The third kappa shape index (κ3) is 3.60. The maximum Gasteiger partial charge on any atom is 0.234 e. The van der Waals surface area contributed by atoms with Crippen LogP contribution in [0.5, 0.6) is 11.5 Å². The zero-order valence-corrected chi connectivity index (χ0v) is 22.2. The zero-order chi connectivity index (χ0) is 26.1. The Morgan fingerprint density at radius 3 is 2.50 bits per heavy atom. The molecular formula is C28H28BrNO6. The summed E-state index contributed by atoms with van der Waals surface area (Å²) in [7, 11) is 0. The molecule has 1 heterocycles. The second-order valence-electron chi connectivity index (χ2n) is 10.7. The Hall–Kier alpha value is -3.00. The van der Waals surface area contributed by atoms with E-state index in [4.69, 9.17) is 4.74 Å². The lowest BCUT2D eigenvalue weighted by molar-refractivity contribution is -0.145. The molecule has 2 amide bonds. The van der Waals surface area contributed by atoms with Crippen molar-refractivity contribution in [3.63, 3.8) is 0 Å². The summed E-state index contributed by atoms with van der Waals surface area (Å²) in [4.78, 5) is 54.9. The van der Waals surface area contributed by atoms with E-state index in [1.165, 1.54) is 17.0 Å². The monoisotopic (exact) mass is 553 g/mol. The van der Waals surface area contributed by atoms with Gasteiger partial charge < -0.3 is 9.84 Å². The Morgan fingerprint density at radius 1 is 1.11 bits per heavy atom. The van der Waals surface area contributed by atoms with Gasteiger partial charge in [0.1, 0.15) is 0 Å². The SMILES string of the molecule is CCOc1cc(C2C3=CCC4C(=O)N(C(C)(C)C)C(=O)C4C3CC3=C2C(=O)C=C(Br)C3=O)ccc1O. The number of rotatable bonds is 3. The Labute approximate surface area is 218 Å².